The molecule has 1 aliphatic heterocycles. The van der Waals surface area contributed by atoms with Gasteiger partial charge in [-0.3, -0.25) is 4.79 Å². The van der Waals surface area contributed by atoms with E-state index in [4.69, 9.17) is 10.3 Å². The highest BCUT2D eigenvalue weighted by molar-refractivity contribution is 5.92. The lowest BCUT2D eigenvalue weighted by Crippen LogP contribution is -2.54. The van der Waals surface area contributed by atoms with Gasteiger partial charge in [-0.25, -0.2) is 0 Å². The summed E-state index contributed by atoms with van der Waals surface area (Å²) in [5.74, 6) is 0.586. The third-order valence-electron chi connectivity index (χ3n) is 3.45. The van der Waals surface area contributed by atoms with Gasteiger partial charge in [0.2, 0.25) is 0 Å². The first-order valence-electron chi connectivity index (χ1n) is 5.88. The highest BCUT2D eigenvalue weighted by Gasteiger charge is 2.36. The Morgan fingerprint density at radius 3 is 2.78 bits per heavy atom. The third kappa shape index (κ3) is 2.84. The van der Waals surface area contributed by atoms with Crippen molar-refractivity contribution in [3.8, 4) is 0 Å². The number of likely N-dealkylation sites (tertiary alicyclic amines) is 1. The maximum atomic E-state index is 12.2. The molecular formula is C12H20ClN3O2. The highest BCUT2D eigenvalue weighted by Crippen LogP contribution is 2.28. The van der Waals surface area contributed by atoms with Crippen molar-refractivity contribution in [2.45, 2.75) is 33.2 Å². The standard InChI is InChI=1S/C12H19N3O2.ClH/c1-8-6-9(14-17-8)11(16)15-5-4-10(13)12(2,3)7-15;/h6,10H,4-5,7,13H2,1-3H3;1H. The average molecular weight is 274 g/mol. The van der Waals surface area contributed by atoms with Crippen molar-refractivity contribution in [3.05, 3.63) is 17.5 Å². The second kappa shape index (κ2) is 5.28. The van der Waals surface area contributed by atoms with Crippen molar-refractivity contribution in [1.82, 2.24) is 10.1 Å². The first kappa shape index (κ1) is 15.0. The topological polar surface area (TPSA) is 72.4 Å². The Balaban J connectivity index is 0.00000162. The summed E-state index contributed by atoms with van der Waals surface area (Å²) >= 11 is 0. The number of carbonyl (C=O) groups excluding carboxylic acids is 1. The average Bonchev–Trinajstić information content (AvgIpc) is 2.68. The van der Waals surface area contributed by atoms with Crippen molar-refractivity contribution < 1.29 is 9.32 Å². The summed E-state index contributed by atoms with van der Waals surface area (Å²) in [6.45, 7) is 7.31. The lowest BCUT2D eigenvalue weighted by Gasteiger charge is -2.42. The molecule has 0 aromatic carbocycles. The molecule has 1 atom stereocenters. The van der Waals surface area contributed by atoms with Crippen LogP contribution in [0.3, 0.4) is 0 Å². The quantitative estimate of drug-likeness (QED) is 0.844. The Morgan fingerprint density at radius 1 is 1.61 bits per heavy atom. The molecule has 1 saturated heterocycles. The van der Waals surface area contributed by atoms with Crippen molar-refractivity contribution in [3.63, 3.8) is 0 Å². The number of nitrogens with two attached hydrogens (primary N) is 1. The normalized spacial score (nSPS) is 22.4. The number of hydrogen-bond acceptors (Lipinski definition) is 4. The molecule has 2 heterocycles. The number of aromatic nitrogens is 1. The third-order valence-corrected chi connectivity index (χ3v) is 3.45. The zero-order chi connectivity index (χ0) is 12.6. The number of piperidine rings is 1. The van der Waals surface area contributed by atoms with Gasteiger partial charge >= 0.3 is 0 Å². The summed E-state index contributed by atoms with van der Waals surface area (Å²) in [5.41, 5.74) is 6.38. The van der Waals surface area contributed by atoms with Crippen LogP contribution in [0.25, 0.3) is 0 Å². The largest absolute Gasteiger partial charge is 0.361 e. The first-order chi connectivity index (χ1) is 7.90. The van der Waals surface area contributed by atoms with Gasteiger partial charge in [-0.05, 0) is 18.8 Å². The maximum absolute atomic E-state index is 12.2. The van der Waals surface area contributed by atoms with Gasteiger partial charge < -0.3 is 15.2 Å². The van der Waals surface area contributed by atoms with Crippen LogP contribution in [0.5, 0.6) is 0 Å². The van der Waals surface area contributed by atoms with Crippen molar-refractivity contribution in [1.29, 1.82) is 0 Å². The minimum absolute atomic E-state index is 0. The van der Waals surface area contributed by atoms with E-state index in [1.807, 2.05) is 0 Å². The molecule has 1 aromatic heterocycles. The van der Waals surface area contributed by atoms with Gasteiger partial charge in [-0.15, -0.1) is 12.4 Å². The molecule has 5 nitrogen and oxygen atoms in total. The lowest BCUT2D eigenvalue weighted by atomic mass is 9.79. The fourth-order valence-corrected chi connectivity index (χ4v) is 2.18. The molecule has 1 amide bonds. The highest BCUT2D eigenvalue weighted by atomic mass is 35.5. The minimum Gasteiger partial charge on any atom is -0.361 e. The van der Waals surface area contributed by atoms with E-state index in [2.05, 4.69) is 19.0 Å². The molecule has 6 heteroatoms. The van der Waals surface area contributed by atoms with Gasteiger partial charge in [-0.2, -0.15) is 0 Å². The predicted molar refractivity (Wildman–Crippen MR) is 70.8 cm³/mol. The molecule has 0 spiro atoms. The predicted octanol–water partition coefficient (Wildman–Crippen LogP) is 1.60. The summed E-state index contributed by atoms with van der Waals surface area (Å²) < 4.78 is 4.93. The van der Waals surface area contributed by atoms with Crippen LogP contribution in [0, 0.1) is 12.3 Å². The summed E-state index contributed by atoms with van der Waals surface area (Å²) in [4.78, 5) is 14.0. The van der Waals surface area contributed by atoms with Gasteiger partial charge in [0, 0.05) is 25.2 Å². The second-order valence-corrected chi connectivity index (χ2v) is 5.43. The van der Waals surface area contributed by atoms with Crippen LogP contribution < -0.4 is 5.73 Å². The molecule has 1 unspecified atom stereocenters. The number of aryl methyl sites for hydroxylation is 1. The zero-order valence-corrected chi connectivity index (χ0v) is 11.8. The molecule has 1 fully saturated rings. The summed E-state index contributed by atoms with van der Waals surface area (Å²) in [5, 5.41) is 3.76. The Morgan fingerprint density at radius 2 is 2.28 bits per heavy atom. The molecule has 2 rings (SSSR count). The van der Waals surface area contributed by atoms with E-state index in [0.717, 1.165) is 6.42 Å². The molecule has 18 heavy (non-hydrogen) atoms. The zero-order valence-electron chi connectivity index (χ0n) is 11.0. The monoisotopic (exact) mass is 273 g/mol. The Kier molecular flexibility index (Phi) is 4.40. The molecule has 0 aliphatic carbocycles. The van der Waals surface area contributed by atoms with Crippen LogP contribution in [0.1, 0.15) is 36.5 Å². The van der Waals surface area contributed by atoms with E-state index in [-0.39, 0.29) is 29.8 Å². The van der Waals surface area contributed by atoms with Gasteiger partial charge in [0.1, 0.15) is 5.76 Å². The first-order valence-corrected chi connectivity index (χ1v) is 5.88. The molecular weight excluding hydrogens is 254 g/mol. The van der Waals surface area contributed by atoms with Crippen LogP contribution in [0.2, 0.25) is 0 Å². The number of hydrogen-bond donors (Lipinski definition) is 1. The van der Waals surface area contributed by atoms with Crippen LogP contribution in [0.4, 0.5) is 0 Å². The number of rotatable bonds is 1. The molecule has 0 saturated carbocycles. The van der Waals surface area contributed by atoms with E-state index < -0.39 is 0 Å². The molecule has 1 aromatic rings. The van der Waals surface area contributed by atoms with E-state index in [0.29, 0.717) is 24.5 Å². The Labute approximate surface area is 113 Å². The number of halogens is 1. The Bertz CT molecular complexity index is 431. The van der Waals surface area contributed by atoms with E-state index in [1.54, 1.807) is 17.9 Å². The minimum atomic E-state index is -0.0678. The van der Waals surface area contributed by atoms with Crippen molar-refractivity contribution in [2.24, 2.45) is 11.1 Å². The molecule has 0 bridgehead atoms. The lowest BCUT2D eigenvalue weighted by molar-refractivity contribution is 0.0523. The molecule has 2 N–H and O–H groups in total. The van der Waals surface area contributed by atoms with E-state index in [9.17, 15) is 4.79 Å². The fraction of sp³-hybridized carbons (Fsp3) is 0.667. The number of amides is 1. The van der Waals surface area contributed by atoms with E-state index in [1.165, 1.54) is 0 Å². The van der Waals surface area contributed by atoms with Gasteiger partial charge in [0.15, 0.2) is 5.69 Å². The van der Waals surface area contributed by atoms with Crippen molar-refractivity contribution >= 4 is 18.3 Å². The molecule has 0 radical (unpaired) electrons. The van der Waals surface area contributed by atoms with E-state index >= 15 is 0 Å². The SMILES string of the molecule is Cc1cc(C(=O)N2CCC(N)C(C)(C)C2)no1.Cl. The number of carbonyl (C=O) groups is 1. The summed E-state index contributed by atoms with van der Waals surface area (Å²) in [6.07, 6.45) is 0.829. The van der Waals surface area contributed by atoms with Crippen LogP contribution in [-0.2, 0) is 0 Å². The summed E-state index contributed by atoms with van der Waals surface area (Å²) in [6, 6.07) is 1.81. The van der Waals surface area contributed by atoms with Gasteiger partial charge in [-0.1, -0.05) is 19.0 Å². The molecule has 1 aliphatic rings. The Hall–Kier alpha value is -1.07. The number of nitrogens with zero attached hydrogens (tertiary/aromatic N) is 2. The maximum Gasteiger partial charge on any atom is 0.276 e. The van der Waals surface area contributed by atoms with Gasteiger partial charge in [0.25, 0.3) is 5.91 Å². The second-order valence-electron chi connectivity index (χ2n) is 5.43. The van der Waals surface area contributed by atoms with Crippen molar-refractivity contribution in [2.75, 3.05) is 13.1 Å². The van der Waals surface area contributed by atoms with Crippen LogP contribution in [0.15, 0.2) is 10.6 Å². The van der Waals surface area contributed by atoms with Crippen LogP contribution >= 0.6 is 12.4 Å². The fourth-order valence-electron chi connectivity index (χ4n) is 2.18. The summed E-state index contributed by atoms with van der Waals surface area (Å²) in [7, 11) is 0. The molecule has 102 valence electrons. The van der Waals surface area contributed by atoms with Crippen LogP contribution in [-0.4, -0.2) is 35.1 Å². The smallest absolute Gasteiger partial charge is 0.276 e. The van der Waals surface area contributed by atoms with Gasteiger partial charge in [0.05, 0.1) is 0 Å².